The van der Waals surface area contributed by atoms with Crippen molar-refractivity contribution in [1.29, 1.82) is 0 Å². The zero-order chi connectivity index (χ0) is 22.6. The van der Waals surface area contributed by atoms with Gasteiger partial charge in [0.15, 0.2) is 0 Å². The molecule has 31 heavy (non-hydrogen) atoms. The molecule has 1 atom stereocenters. The van der Waals surface area contributed by atoms with Crippen molar-refractivity contribution in [3.05, 3.63) is 72.1 Å². The standard InChI is InChI=1S/C21H23FN4O4S/c1-14(25-31(28,29)18-7-5-17(30-3)6-8-18)21(27)24-13-16-4-9-20(19(22)12-16)26-11-10-23-15(26)2/h4-12,14,25H,13H2,1-3H3,(H,24,27)/t14-/m0/s1. The second-order valence-electron chi connectivity index (χ2n) is 6.87. The molecule has 0 bridgehead atoms. The Morgan fingerprint density at radius 3 is 2.52 bits per heavy atom. The number of nitrogens with one attached hydrogen (secondary N) is 2. The lowest BCUT2D eigenvalue weighted by Gasteiger charge is -2.15. The van der Waals surface area contributed by atoms with Gasteiger partial charge in [0.25, 0.3) is 0 Å². The highest BCUT2D eigenvalue weighted by atomic mass is 32.2. The fourth-order valence-electron chi connectivity index (χ4n) is 2.94. The van der Waals surface area contributed by atoms with Gasteiger partial charge >= 0.3 is 0 Å². The van der Waals surface area contributed by atoms with E-state index in [-0.39, 0.29) is 11.4 Å². The molecule has 0 spiro atoms. The largest absolute Gasteiger partial charge is 0.497 e. The van der Waals surface area contributed by atoms with Crippen molar-refractivity contribution in [3.63, 3.8) is 0 Å². The third-order valence-electron chi connectivity index (χ3n) is 4.66. The molecule has 1 aromatic heterocycles. The lowest BCUT2D eigenvalue weighted by atomic mass is 10.2. The first kappa shape index (κ1) is 22.4. The zero-order valence-corrected chi connectivity index (χ0v) is 18.1. The molecule has 3 aromatic rings. The van der Waals surface area contributed by atoms with E-state index in [9.17, 15) is 17.6 Å². The summed E-state index contributed by atoms with van der Waals surface area (Å²) in [7, 11) is -2.41. The van der Waals surface area contributed by atoms with E-state index in [1.165, 1.54) is 44.4 Å². The van der Waals surface area contributed by atoms with Crippen LogP contribution in [0.2, 0.25) is 0 Å². The number of benzene rings is 2. The van der Waals surface area contributed by atoms with Gasteiger partial charge in [-0.2, -0.15) is 4.72 Å². The van der Waals surface area contributed by atoms with Crippen molar-refractivity contribution in [2.75, 3.05) is 7.11 Å². The van der Waals surface area contributed by atoms with Crippen LogP contribution in [-0.4, -0.2) is 37.0 Å². The van der Waals surface area contributed by atoms with Crippen molar-refractivity contribution in [2.45, 2.75) is 31.3 Å². The molecule has 0 fully saturated rings. The first-order valence-corrected chi connectivity index (χ1v) is 10.9. The predicted molar refractivity (Wildman–Crippen MR) is 113 cm³/mol. The minimum atomic E-state index is -3.89. The van der Waals surface area contributed by atoms with E-state index in [4.69, 9.17) is 4.74 Å². The normalized spacial score (nSPS) is 12.4. The third kappa shape index (κ3) is 5.28. The van der Waals surface area contributed by atoms with Crippen LogP contribution < -0.4 is 14.8 Å². The van der Waals surface area contributed by atoms with Crippen LogP contribution in [-0.2, 0) is 21.4 Å². The number of carbonyl (C=O) groups is 1. The summed E-state index contributed by atoms with van der Waals surface area (Å²) in [4.78, 5) is 16.4. The van der Waals surface area contributed by atoms with Gasteiger partial charge in [0.1, 0.15) is 17.4 Å². The maximum atomic E-state index is 14.5. The van der Waals surface area contributed by atoms with Crippen LogP contribution in [0.15, 0.2) is 59.8 Å². The Balaban J connectivity index is 1.61. The number of halogens is 1. The van der Waals surface area contributed by atoms with Gasteiger partial charge in [-0.25, -0.2) is 17.8 Å². The van der Waals surface area contributed by atoms with Crippen molar-refractivity contribution >= 4 is 15.9 Å². The van der Waals surface area contributed by atoms with Crippen molar-refractivity contribution < 1.29 is 22.3 Å². The number of methoxy groups -OCH3 is 1. The topological polar surface area (TPSA) is 102 Å². The summed E-state index contributed by atoms with van der Waals surface area (Å²) in [6.45, 7) is 3.25. The highest BCUT2D eigenvalue weighted by Crippen LogP contribution is 2.17. The number of amides is 1. The number of aromatic nitrogens is 2. The van der Waals surface area contributed by atoms with Gasteiger partial charge in [0, 0.05) is 18.9 Å². The molecule has 0 radical (unpaired) electrons. The molecule has 0 aliphatic rings. The predicted octanol–water partition coefficient (Wildman–Crippen LogP) is 2.31. The molecule has 0 saturated carbocycles. The maximum Gasteiger partial charge on any atom is 0.241 e. The highest BCUT2D eigenvalue weighted by molar-refractivity contribution is 7.89. The molecule has 2 aromatic carbocycles. The Bertz CT molecular complexity index is 1180. The molecule has 1 heterocycles. The minimum Gasteiger partial charge on any atom is -0.497 e. The SMILES string of the molecule is COc1ccc(S(=O)(=O)N[C@@H](C)C(=O)NCc2ccc(-n3ccnc3C)c(F)c2)cc1. The van der Waals surface area contributed by atoms with Gasteiger partial charge in [-0.3, -0.25) is 4.79 Å². The Kier molecular flexibility index (Phi) is 6.71. The molecular weight excluding hydrogens is 423 g/mol. The van der Waals surface area contributed by atoms with Crippen LogP contribution in [0.5, 0.6) is 5.75 Å². The highest BCUT2D eigenvalue weighted by Gasteiger charge is 2.22. The second-order valence-corrected chi connectivity index (χ2v) is 8.58. The van der Waals surface area contributed by atoms with Crippen LogP contribution >= 0.6 is 0 Å². The number of carbonyl (C=O) groups excluding carboxylic acids is 1. The lowest BCUT2D eigenvalue weighted by molar-refractivity contribution is -0.122. The summed E-state index contributed by atoms with van der Waals surface area (Å²) < 4.78 is 48.3. The molecule has 0 saturated heterocycles. The van der Waals surface area contributed by atoms with Crippen LogP contribution in [0.1, 0.15) is 18.3 Å². The van der Waals surface area contributed by atoms with E-state index in [1.807, 2.05) is 0 Å². The van der Waals surface area contributed by atoms with Gasteiger partial charge in [-0.05, 0) is 55.8 Å². The molecule has 1 amide bonds. The Labute approximate surface area is 180 Å². The zero-order valence-electron chi connectivity index (χ0n) is 17.3. The van der Waals surface area contributed by atoms with Crippen LogP contribution in [0.3, 0.4) is 0 Å². The maximum absolute atomic E-state index is 14.5. The van der Waals surface area contributed by atoms with Crippen LogP contribution in [0.4, 0.5) is 4.39 Å². The quantitative estimate of drug-likeness (QED) is 0.553. The Morgan fingerprint density at radius 1 is 1.23 bits per heavy atom. The van der Waals surface area contributed by atoms with Crippen LogP contribution in [0, 0.1) is 12.7 Å². The van der Waals surface area contributed by atoms with Gasteiger partial charge in [-0.1, -0.05) is 6.07 Å². The molecule has 3 rings (SSSR count). The molecule has 0 aliphatic heterocycles. The van der Waals surface area contributed by atoms with Gasteiger partial charge in [-0.15, -0.1) is 0 Å². The van der Waals surface area contributed by atoms with Crippen LogP contribution in [0.25, 0.3) is 5.69 Å². The monoisotopic (exact) mass is 446 g/mol. The molecule has 10 heteroatoms. The van der Waals surface area contributed by atoms with Crippen molar-refractivity contribution in [2.24, 2.45) is 0 Å². The number of nitrogens with zero attached hydrogens (tertiary/aromatic N) is 2. The Hall–Kier alpha value is -3.24. The summed E-state index contributed by atoms with van der Waals surface area (Å²) in [5.41, 5.74) is 0.892. The molecule has 164 valence electrons. The average molecular weight is 447 g/mol. The first-order chi connectivity index (χ1) is 14.7. The summed E-state index contributed by atoms with van der Waals surface area (Å²) in [6.07, 6.45) is 3.24. The molecule has 8 nitrogen and oxygen atoms in total. The van der Waals surface area contributed by atoms with E-state index in [1.54, 1.807) is 36.0 Å². The molecular formula is C21H23FN4O4S. The Morgan fingerprint density at radius 2 is 1.94 bits per heavy atom. The van der Waals surface area contributed by atoms with Gasteiger partial charge in [0.05, 0.1) is 23.7 Å². The number of imidazole rings is 1. The van der Waals surface area contributed by atoms with E-state index in [2.05, 4.69) is 15.0 Å². The number of aryl methyl sites for hydroxylation is 1. The van der Waals surface area contributed by atoms with Crippen molar-refractivity contribution in [1.82, 2.24) is 19.6 Å². The summed E-state index contributed by atoms with van der Waals surface area (Å²) in [5.74, 6) is 0.178. The molecule has 0 aliphatic carbocycles. The fraction of sp³-hybridized carbons (Fsp3) is 0.238. The number of hydrogen-bond acceptors (Lipinski definition) is 5. The fourth-order valence-corrected chi connectivity index (χ4v) is 4.14. The number of sulfonamides is 1. The van der Waals surface area contributed by atoms with Gasteiger partial charge < -0.3 is 14.6 Å². The van der Waals surface area contributed by atoms with E-state index in [0.29, 0.717) is 22.8 Å². The number of ether oxygens (including phenoxy) is 1. The lowest BCUT2D eigenvalue weighted by Crippen LogP contribution is -2.44. The summed E-state index contributed by atoms with van der Waals surface area (Å²) in [6, 6.07) is 9.39. The third-order valence-corrected chi connectivity index (χ3v) is 6.22. The van der Waals surface area contributed by atoms with Crippen molar-refractivity contribution in [3.8, 4) is 11.4 Å². The molecule has 2 N–H and O–H groups in total. The van der Waals surface area contributed by atoms with Gasteiger partial charge in [0.2, 0.25) is 15.9 Å². The second kappa shape index (κ2) is 9.27. The first-order valence-electron chi connectivity index (χ1n) is 9.44. The number of hydrogen-bond donors (Lipinski definition) is 2. The smallest absolute Gasteiger partial charge is 0.241 e. The van der Waals surface area contributed by atoms with E-state index in [0.717, 1.165) is 0 Å². The molecule has 0 unspecified atom stereocenters. The van der Waals surface area contributed by atoms with E-state index >= 15 is 0 Å². The average Bonchev–Trinajstić information content (AvgIpc) is 3.17. The number of rotatable bonds is 8. The summed E-state index contributed by atoms with van der Waals surface area (Å²) in [5, 5.41) is 2.61. The van der Waals surface area contributed by atoms with E-state index < -0.39 is 27.8 Å². The summed E-state index contributed by atoms with van der Waals surface area (Å²) >= 11 is 0. The minimum absolute atomic E-state index is 0.0143.